The molecular weight excluding hydrogens is 272 g/mol. The molecular formula is C14H24N4O3. The quantitative estimate of drug-likeness (QED) is 0.829. The van der Waals surface area contributed by atoms with E-state index in [1.165, 1.54) is 0 Å². The molecule has 1 fully saturated rings. The Hall–Kier alpha value is -1.63. The maximum absolute atomic E-state index is 12.1. The van der Waals surface area contributed by atoms with Crippen LogP contribution in [0.1, 0.15) is 39.4 Å². The standard InChI is InChI=1S/C14H24N4O3/c1-10-8-17(9-12-15-11(2)21-16-12)6-7-18(10)13(19)20-14(3,4)5/h10H,6-9H2,1-5H3/t10-/m1/s1. The predicted molar refractivity (Wildman–Crippen MR) is 76.7 cm³/mol. The van der Waals surface area contributed by atoms with E-state index in [1.54, 1.807) is 11.8 Å². The molecule has 2 rings (SSSR count). The molecule has 7 nitrogen and oxygen atoms in total. The van der Waals surface area contributed by atoms with Gasteiger partial charge < -0.3 is 14.2 Å². The maximum Gasteiger partial charge on any atom is 0.410 e. The van der Waals surface area contributed by atoms with Crippen LogP contribution in [-0.4, -0.2) is 57.3 Å². The number of ether oxygens (including phenoxy) is 1. The molecule has 0 bridgehead atoms. The molecule has 0 aliphatic carbocycles. The van der Waals surface area contributed by atoms with Crippen molar-refractivity contribution in [3.05, 3.63) is 11.7 Å². The van der Waals surface area contributed by atoms with Crippen LogP contribution in [0.5, 0.6) is 0 Å². The number of piperazine rings is 1. The topological polar surface area (TPSA) is 71.7 Å². The molecule has 2 heterocycles. The summed E-state index contributed by atoms with van der Waals surface area (Å²) >= 11 is 0. The van der Waals surface area contributed by atoms with Gasteiger partial charge in [0, 0.05) is 32.6 Å². The molecule has 118 valence electrons. The van der Waals surface area contributed by atoms with Crippen molar-refractivity contribution in [3.8, 4) is 0 Å². The van der Waals surface area contributed by atoms with Crippen LogP contribution in [0.25, 0.3) is 0 Å². The van der Waals surface area contributed by atoms with E-state index in [1.807, 2.05) is 27.7 Å². The van der Waals surface area contributed by atoms with Crippen molar-refractivity contribution in [2.45, 2.75) is 52.8 Å². The molecule has 0 N–H and O–H groups in total. The second-order valence-corrected chi connectivity index (χ2v) is 6.49. The lowest BCUT2D eigenvalue weighted by atomic mass is 10.2. The molecule has 1 amide bonds. The summed E-state index contributed by atoms with van der Waals surface area (Å²) in [5.74, 6) is 1.26. The molecule has 0 spiro atoms. The fourth-order valence-electron chi connectivity index (χ4n) is 2.37. The van der Waals surface area contributed by atoms with E-state index in [0.717, 1.165) is 13.1 Å². The van der Waals surface area contributed by atoms with E-state index in [0.29, 0.717) is 24.8 Å². The molecule has 1 aromatic rings. The smallest absolute Gasteiger partial charge is 0.410 e. The lowest BCUT2D eigenvalue weighted by Crippen LogP contribution is -2.54. The van der Waals surface area contributed by atoms with Crippen LogP contribution < -0.4 is 0 Å². The number of amides is 1. The summed E-state index contributed by atoms with van der Waals surface area (Å²) in [5.41, 5.74) is -0.462. The number of nitrogens with zero attached hydrogens (tertiary/aromatic N) is 4. The van der Waals surface area contributed by atoms with Crippen LogP contribution >= 0.6 is 0 Å². The minimum Gasteiger partial charge on any atom is -0.444 e. The monoisotopic (exact) mass is 296 g/mol. The zero-order valence-electron chi connectivity index (χ0n) is 13.4. The van der Waals surface area contributed by atoms with E-state index in [-0.39, 0.29) is 12.1 Å². The van der Waals surface area contributed by atoms with Crippen LogP contribution in [-0.2, 0) is 11.3 Å². The Balaban J connectivity index is 1.88. The van der Waals surface area contributed by atoms with Gasteiger partial charge in [-0.1, -0.05) is 5.16 Å². The SMILES string of the molecule is Cc1nc(CN2CCN(C(=O)OC(C)(C)C)[C@H](C)C2)no1. The first-order chi connectivity index (χ1) is 9.74. The van der Waals surface area contributed by atoms with E-state index in [2.05, 4.69) is 15.0 Å². The Morgan fingerprint density at radius 1 is 1.43 bits per heavy atom. The first-order valence-corrected chi connectivity index (χ1v) is 7.26. The summed E-state index contributed by atoms with van der Waals surface area (Å²) < 4.78 is 10.4. The number of aromatic nitrogens is 2. The summed E-state index contributed by atoms with van der Waals surface area (Å²) in [6.07, 6.45) is -0.245. The van der Waals surface area contributed by atoms with Gasteiger partial charge in [-0.25, -0.2) is 4.79 Å². The first-order valence-electron chi connectivity index (χ1n) is 7.26. The van der Waals surface area contributed by atoms with E-state index < -0.39 is 5.60 Å². The van der Waals surface area contributed by atoms with Gasteiger partial charge in [0.15, 0.2) is 5.82 Å². The number of hydrogen-bond donors (Lipinski definition) is 0. The van der Waals surface area contributed by atoms with Crippen molar-refractivity contribution in [3.63, 3.8) is 0 Å². The minimum absolute atomic E-state index is 0.0987. The Kier molecular flexibility index (Phi) is 4.51. The summed E-state index contributed by atoms with van der Waals surface area (Å²) in [4.78, 5) is 20.3. The highest BCUT2D eigenvalue weighted by Crippen LogP contribution is 2.16. The van der Waals surface area contributed by atoms with Gasteiger partial charge in [-0.05, 0) is 27.7 Å². The molecule has 7 heteroatoms. The zero-order valence-corrected chi connectivity index (χ0v) is 13.4. The average molecular weight is 296 g/mol. The normalized spacial score (nSPS) is 20.6. The van der Waals surface area contributed by atoms with Crippen LogP contribution in [0.15, 0.2) is 4.52 Å². The predicted octanol–water partition coefficient (Wildman–Crippen LogP) is 1.82. The molecule has 1 aromatic heterocycles. The number of carbonyl (C=O) groups excluding carboxylic acids is 1. The highest BCUT2D eigenvalue weighted by molar-refractivity contribution is 5.68. The van der Waals surface area contributed by atoms with Gasteiger partial charge in [0.2, 0.25) is 5.89 Å². The van der Waals surface area contributed by atoms with Gasteiger partial charge >= 0.3 is 6.09 Å². The maximum atomic E-state index is 12.1. The van der Waals surface area contributed by atoms with Gasteiger partial charge in [0.05, 0.1) is 6.54 Å². The Morgan fingerprint density at radius 2 is 2.14 bits per heavy atom. The van der Waals surface area contributed by atoms with Crippen LogP contribution in [0.2, 0.25) is 0 Å². The van der Waals surface area contributed by atoms with Gasteiger partial charge in [-0.3, -0.25) is 4.90 Å². The van der Waals surface area contributed by atoms with Crippen molar-refractivity contribution in [1.29, 1.82) is 0 Å². The number of rotatable bonds is 2. The average Bonchev–Trinajstić information content (AvgIpc) is 2.72. The zero-order chi connectivity index (χ0) is 15.6. The summed E-state index contributed by atoms with van der Waals surface area (Å²) in [6.45, 7) is 12.3. The van der Waals surface area contributed by atoms with Crippen LogP contribution in [0.3, 0.4) is 0 Å². The number of hydrogen-bond acceptors (Lipinski definition) is 6. The van der Waals surface area contributed by atoms with Crippen LogP contribution in [0, 0.1) is 6.92 Å². The third-order valence-corrected chi connectivity index (χ3v) is 3.27. The summed E-state index contributed by atoms with van der Waals surface area (Å²) in [5, 5.41) is 3.90. The second-order valence-electron chi connectivity index (χ2n) is 6.49. The summed E-state index contributed by atoms with van der Waals surface area (Å²) in [6, 6.07) is 0.0987. The fourth-order valence-corrected chi connectivity index (χ4v) is 2.37. The highest BCUT2D eigenvalue weighted by atomic mass is 16.6. The first kappa shape index (κ1) is 15.8. The van der Waals surface area contributed by atoms with E-state index in [9.17, 15) is 4.79 Å². The van der Waals surface area contributed by atoms with Gasteiger partial charge in [-0.15, -0.1) is 0 Å². The molecule has 0 aromatic carbocycles. The number of carbonyl (C=O) groups is 1. The van der Waals surface area contributed by atoms with Crippen molar-refractivity contribution in [2.24, 2.45) is 0 Å². The fraction of sp³-hybridized carbons (Fsp3) is 0.786. The molecule has 21 heavy (non-hydrogen) atoms. The molecule has 1 saturated heterocycles. The van der Waals surface area contributed by atoms with Gasteiger partial charge in [0.1, 0.15) is 5.60 Å². The molecule has 0 radical (unpaired) electrons. The van der Waals surface area contributed by atoms with Crippen LogP contribution in [0.4, 0.5) is 4.79 Å². The molecule has 1 aliphatic heterocycles. The minimum atomic E-state index is -0.462. The highest BCUT2D eigenvalue weighted by Gasteiger charge is 2.31. The molecule has 1 aliphatic rings. The van der Waals surface area contributed by atoms with E-state index >= 15 is 0 Å². The molecule has 0 saturated carbocycles. The van der Waals surface area contributed by atoms with Crippen molar-refractivity contribution in [1.82, 2.24) is 19.9 Å². The summed E-state index contributed by atoms with van der Waals surface area (Å²) in [7, 11) is 0. The van der Waals surface area contributed by atoms with Crippen molar-refractivity contribution in [2.75, 3.05) is 19.6 Å². The lowest BCUT2D eigenvalue weighted by molar-refractivity contribution is 0.000225. The largest absolute Gasteiger partial charge is 0.444 e. The number of aryl methyl sites for hydroxylation is 1. The third-order valence-electron chi connectivity index (χ3n) is 3.27. The third kappa shape index (κ3) is 4.42. The Bertz CT molecular complexity index is 495. The Morgan fingerprint density at radius 3 is 2.67 bits per heavy atom. The lowest BCUT2D eigenvalue weighted by Gasteiger charge is -2.39. The molecule has 1 atom stereocenters. The van der Waals surface area contributed by atoms with Crippen molar-refractivity contribution >= 4 is 6.09 Å². The second kappa shape index (κ2) is 6.01. The van der Waals surface area contributed by atoms with E-state index in [4.69, 9.17) is 9.26 Å². The molecule has 0 unspecified atom stereocenters. The van der Waals surface area contributed by atoms with Crippen molar-refractivity contribution < 1.29 is 14.1 Å². The van der Waals surface area contributed by atoms with Gasteiger partial charge in [0.25, 0.3) is 0 Å². The van der Waals surface area contributed by atoms with Gasteiger partial charge in [-0.2, -0.15) is 4.98 Å². The Labute approximate surface area is 125 Å².